The van der Waals surface area contributed by atoms with Gasteiger partial charge < -0.3 is 16.2 Å². The van der Waals surface area contributed by atoms with Crippen LogP contribution in [0.5, 0.6) is 0 Å². The molecular formula is C8H12N4O. The van der Waals surface area contributed by atoms with E-state index in [0.29, 0.717) is 11.7 Å². The van der Waals surface area contributed by atoms with E-state index in [0.717, 1.165) is 25.2 Å². The predicted octanol–water partition coefficient (Wildman–Crippen LogP) is -0.170. The average Bonchev–Trinajstić information content (AvgIpc) is 1.99. The minimum absolute atomic E-state index is 0.228. The first-order valence-corrected chi connectivity index (χ1v) is 4.20. The van der Waals surface area contributed by atoms with Crippen LogP contribution in [0.1, 0.15) is 5.56 Å². The highest BCUT2D eigenvalue weighted by molar-refractivity contribution is 5.41. The number of aromatic nitrogens is 2. The number of hydrogen-bond donors (Lipinski definition) is 2. The van der Waals surface area contributed by atoms with E-state index in [1.54, 1.807) is 6.20 Å². The maximum Gasteiger partial charge on any atom is 0.221 e. The molecule has 5 nitrogen and oxygen atoms in total. The molecule has 0 radical (unpaired) electrons. The molecule has 1 aromatic heterocycles. The molecule has 1 aliphatic rings. The molecular weight excluding hydrogens is 168 g/mol. The maximum absolute atomic E-state index is 5.68. The number of nitrogens with two attached hydrogens (primary N) is 2. The molecule has 1 aliphatic heterocycles. The highest BCUT2D eigenvalue weighted by atomic mass is 16.5. The smallest absolute Gasteiger partial charge is 0.221 e. The van der Waals surface area contributed by atoms with Crippen molar-refractivity contribution in [2.24, 2.45) is 5.92 Å². The van der Waals surface area contributed by atoms with Crippen LogP contribution in [0.4, 0.5) is 11.8 Å². The Morgan fingerprint density at radius 1 is 1.46 bits per heavy atom. The quantitative estimate of drug-likeness (QED) is 0.659. The van der Waals surface area contributed by atoms with Gasteiger partial charge in [0.25, 0.3) is 0 Å². The first-order valence-electron chi connectivity index (χ1n) is 4.20. The van der Waals surface area contributed by atoms with Crippen molar-refractivity contribution in [1.82, 2.24) is 9.97 Å². The van der Waals surface area contributed by atoms with Crippen LogP contribution in [-0.4, -0.2) is 23.2 Å². The van der Waals surface area contributed by atoms with Crippen LogP contribution in [0.25, 0.3) is 0 Å². The van der Waals surface area contributed by atoms with Crippen LogP contribution >= 0.6 is 0 Å². The van der Waals surface area contributed by atoms with Crippen molar-refractivity contribution in [3.8, 4) is 0 Å². The summed E-state index contributed by atoms with van der Waals surface area (Å²) in [7, 11) is 0. The van der Waals surface area contributed by atoms with Crippen LogP contribution in [0.15, 0.2) is 6.20 Å². The second-order valence-electron chi connectivity index (χ2n) is 3.25. The summed E-state index contributed by atoms with van der Waals surface area (Å²) < 4.78 is 5.06. The van der Waals surface area contributed by atoms with Gasteiger partial charge in [-0.15, -0.1) is 0 Å². The third kappa shape index (κ3) is 1.70. The molecule has 1 aromatic rings. The normalized spacial score (nSPS) is 16.9. The zero-order chi connectivity index (χ0) is 9.26. The van der Waals surface area contributed by atoms with Crippen molar-refractivity contribution in [1.29, 1.82) is 0 Å². The lowest BCUT2D eigenvalue weighted by molar-refractivity contribution is -0.0312. The van der Waals surface area contributed by atoms with Crippen molar-refractivity contribution >= 4 is 11.8 Å². The topological polar surface area (TPSA) is 87.0 Å². The molecule has 1 saturated heterocycles. The zero-order valence-corrected chi connectivity index (χ0v) is 7.23. The second-order valence-corrected chi connectivity index (χ2v) is 3.25. The summed E-state index contributed by atoms with van der Waals surface area (Å²) >= 11 is 0. The molecule has 0 spiro atoms. The molecule has 2 rings (SSSR count). The van der Waals surface area contributed by atoms with Crippen molar-refractivity contribution in [2.75, 3.05) is 24.7 Å². The Morgan fingerprint density at radius 2 is 2.23 bits per heavy atom. The molecule has 70 valence electrons. The summed E-state index contributed by atoms with van der Waals surface area (Å²) in [6.07, 6.45) is 2.57. The van der Waals surface area contributed by atoms with Crippen molar-refractivity contribution in [2.45, 2.75) is 6.42 Å². The van der Waals surface area contributed by atoms with Crippen LogP contribution in [0.2, 0.25) is 0 Å². The molecule has 4 N–H and O–H groups in total. The summed E-state index contributed by atoms with van der Waals surface area (Å²) in [5, 5.41) is 0. The minimum Gasteiger partial charge on any atom is -0.383 e. The van der Waals surface area contributed by atoms with Gasteiger partial charge in [0.2, 0.25) is 5.95 Å². The highest BCUT2D eigenvalue weighted by Crippen LogP contribution is 2.19. The SMILES string of the molecule is Nc1ncc(CC2COC2)c(N)n1. The van der Waals surface area contributed by atoms with E-state index < -0.39 is 0 Å². The lowest BCUT2D eigenvalue weighted by Crippen LogP contribution is -2.29. The van der Waals surface area contributed by atoms with Gasteiger partial charge in [-0.25, -0.2) is 4.98 Å². The van der Waals surface area contributed by atoms with Gasteiger partial charge in [-0.1, -0.05) is 0 Å². The van der Waals surface area contributed by atoms with Crippen molar-refractivity contribution in [3.63, 3.8) is 0 Å². The fourth-order valence-corrected chi connectivity index (χ4v) is 1.30. The van der Waals surface area contributed by atoms with E-state index in [2.05, 4.69) is 9.97 Å². The Kier molecular flexibility index (Phi) is 2.02. The lowest BCUT2D eigenvalue weighted by Gasteiger charge is -2.25. The molecule has 0 atom stereocenters. The molecule has 0 bridgehead atoms. The summed E-state index contributed by atoms with van der Waals surface area (Å²) in [5.74, 6) is 1.28. The van der Waals surface area contributed by atoms with E-state index in [1.165, 1.54) is 0 Å². The fourth-order valence-electron chi connectivity index (χ4n) is 1.30. The minimum atomic E-state index is 0.228. The monoisotopic (exact) mass is 180 g/mol. The number of hydrogen-bond acceptors (Lipinski definition) is 5. The lowest BCUT2D eigenvalue weighted by atomic mass is 9.99. The number of nitrogen functional groups attached to an aromatic ring is 2. The maximum atomic E-state index is 5.68. The Labute approximate surface area is 76.1 Å². The van der Waals surface area contributed by atoms with E-state index in [-0.39, 0.29) is 5.95 Å². The Hall–Kier alpha value is -1.36. The highest BCUT2D eigenvalue weighted by Gasteiger charge is 2.20. The molecule has 0 unspecified atom stereocenters. The molecule has 13 heavy (non-hydrogen) atoms. The van der Waals surface area contributed by atoms with Gasteiger partial charge in [0, 0.05) is 17.7 Å². The van der Waals surface area contributed by atoms with Crippen LogP contribution in [-0.2, 0) is 11.2 Å². The first-order chi connectivity index (χ1) is 6.25. The summed E-state index contributed by atoms with van der Waals surface area (Å²) in [4.78, 5) is 7.79. The van der Waals surface area contributed by atoms with Gasteiger partial charge in [-0.05, 0) is 6.42 Å². The van der Waals surface area contributed by atoms with Crippen LogP contribution in [0, 0.1) is 5.92 Å². The standard InChI is InChI=1S/C8H12N4O/c9-7-6(1-5-3-13-4-5)2-11-8(10)12-7/h2,5H,1,3-4H2,(H4,9,10,11,12). The van der Waals surface area contributed by atoms with Crippen LogP contribution in [0.3, 0.4) is 0 Å². The fraction of sp³-hybridized carbons (Fsp3) is 0.500. The number of nitrogens with zero attached hydrogens (tertiary/aromatic N) is 2. The van der Waals surface area contributed by atoms with Gasteiger partial charge in [0.1, 0.15) is 5.82 Å². The van der Waals surface area contributed by atoms with Gasteiger partial charge in [-0.2, -0.15) is 4.98 Å². The molecule has 0 aliphatic carbocycles. The van der Waals surface area contributed by atoms with E-state index >= 15 is 0 Å². The summed E-state index contributed by atoms with van der Waals surface area (Å²) in [6.45, 7) is 1.62. The van der Waals surface area contributed by atoms with E-state index in [4.69, 9.17) is 16.2 Å². The Bertz CT molecular complexity index is 311. The molecule has 0 saturated carbocycles. The van der Waals surface area contributed by atoms with Gasteiger partial charge >= 0.3 is 0 Å². The van der Waals surface area contributed by atoms with Gasteiger partial charge in [-0.3, -0.25) is 0 Å². The third-order valence-electron chi connectivity index (χ3n) is 2.13. The number of rotatable bonds is 2. The van der Waals surface area contributed by atoms with Gasteiger partial charge in [0.05, 0.1) is 13.2 Å². The van der Waals surface area contributed by atoms with Crippen molar-refractivity contribution in [3.05, 3.63) is 11.8 Å². The Morgan fingerprint density at radius 3 is 2.77 bits per heavy atom. The summed E-state index contributed by atoms with van der Waals surface area (Å²) in [5.41, 5.74) is 12.0. The summed E-state index contributed by atoms with van der Waals surface area (Å²) in [6, 6.07) is 0. The average molecular weight is 180 g/mol. The third-order valence-corrected chi connectivity index (χ3v) is 2.13. The zero-order valence-electron chi connectivity index (χ0n) is 7.23. The number of ether oxygens (including phenoxy) is 1. The molecule has 0 aromatic carbocycles. The largest absolute Gasteiger partial charge is 0.383 e. The van der Waals surface area contributed by atoms with E-state index in [1.807, 2.05) is 0 Å². The number of anilines is 2. The molecule has 1 fully saturated rings. The van der Waals surface area contributed by atoms with Gasteiger partial charge in [0.15, 0.2) is 0 Å². The van der Waals surface area contributed by atoms with Crippen LogP contribution < -0.4 is 11.5 Å². The van der Waals surface area contributed by atoms with E-state index in [9.17, 15) is 0 Å². The first kappa shape index (κ1) is 8.25. The molecule has 0 amide bonds. The van der Waals surface area contributed by atoms with Crippen molar-refractivity contribution < 1.29 is 4.74 Å². The Balaban J connectivity index is 2.10. The molecule has 5 heteroatoms. The second kappa shape index (κ2) is 3.18. The molecule has 2 heterocycles. The predicted molar refractivity (Wildman–Crippen MR) is 48.9 cm³/mol.